The Morgan fingerprint density at radius 1 is 1.19 bits per heavy atom. The monoisotopic (exact) mass is 356 g/mol. The number of nitrogens with zero attached hydrogens (tertiary/aromatic N) is 1. The Labute approximate surface area is 150 Å². The largest absolute Gasteiger partial charge is 0.488 e. The summed E-state index contributed by atoms with van der Waals surface area (Å²) in [5, 5.41) is 2.88. The molecular weight excluding hydrogens is 336 g/mol. The topological polar surface area (TPSA) is 130 Å². The van der Waals surface area contributed by atoms with E-state index in [4.69, 9.17) is 20.9 Å². The average Bonchev–Trinajstić information content (AvgIpc) is 2.64. The van der Waals surface area contributed by atoms with Crippen molar-refractivity contribution in [1.82, 2.24) is 10.3 Å². The first-order chi connectivity index (χ1) is 12.5. The lowest BCUT2D eigenvalue weighted by atomic mass is 10.1. The average molecular weight is 356 g/mol. The number of carbonyl (C=O) groups is 2. The molecule has 0 spiro atoms. The minimum atomic E-state index is -0.498. The van der Waals surface area contributed by atoms with Crippen LogP contribution >= 0.6 is 0 Å². The molecule has 0 bridgehead atoms. The number of benzene rings is 1. The van der Waals surface area contributed by atoms with E-state index >= 15 is 0 Å². The number of ether oxygens (including phenoxy) is 2. The van der Waals surface area contributed by atoms with E-state index in [1.807, 2.05) is 0 Å². The van der Waals surface area contributed by atoms with Crippen LogP contribution in [0.25, 0.3) is 0 Å². The number of nitrogens with one attached hydrogen (secondary N) is 1. The number of rotatable bonds is 5. The predicted molar refractivity (Wildman–Crippen MR) is 94.7 cm³/mol. The summed E-state index contributed by atoms with van der Waals surface area (Å²) >= 11 is 0. The van der Waals surface area contributed by atoms with Crippen molar-refractivity contribution >= 4 is 17.6 Å². The number of hydrogen-bond donors (Lipinski definition) is 3. The summed E-state index contributed by atoms with van der Waals surface area (Å²) in [5.74, 6) is 0.0241. The van der Waals surface area contributed by atoms with Gasteiger partial charge < -0.3 is 26.3 Å². The van der Waals surface area contributed by atoms with Crippen LogP contribution in [-0.2, 0) is 4.74 Å². The molecule has 0 radical (unpaired) electrons. The van der Waals surface area contributed by atoms with E-state index in [2.05, 4.69) is 10.3 Å². The number of nitrogens with two attached hydrogens (primary N) is 2. The van der Waals surface area contributed by atoms with Crippen molar-refractivity contribution in [3.63, 3.8) is 0 Å². The fourth-order valence-electron chi connectivity index (χ4n) is 2.69. The molecule has 0 saturated carbocycles. The number of nitrogen functional groups attached to an aromatic ring is 1. The standard InChI is InChI=1S/C18H20N4O4/c19-16-3-1-2-13(21-16)18(24)22-14-10-25-9-8-15(14)26-12-6-4-11(5-7-12)17(20)23/h1-7,14-15H,8-10H2,(H2,19,21)(H2,20,23)(H,22,24)/t14-,15-/m1/s1. The third-order valence-corrected chi connectivity index (χ3v) is 4.04. The summed E-state index contributed by atoms with van der Waals surface area (Å²) in [5.41, 5.74) is 11.5. The van der Waals surface area contributed by atoms with Gasteiger partial charge in [-0.25, -0.2) is 4.98 Å². The lowest BCUT2D eigenvalue weighted by molar-refractivity contribution is -0.00294. The van der Waals surface area contributed by atoms with Crippen molar-refractivity contribution in [2.45, 2.75) is 18.6 Å². The molecule has 1 aliphatic heterocycles. The second-order valence-electron chi connectivity index (χ2n) is 5.94. The first-order valence-electron chi connectivity index (χ1n) is 8.20. The molecule has 3 rings (SSSR count). The number of hydrogen-bond acceptors (Lipinski definition) is 6. The summed E-state index contributed by atoms with van der Waals surface area (Å²) in [7, 11) is 0. The Morgan fingerprint density at radius 2 is 1.96 bits per heavy atom. The molecule has 1 aromatic heterocycles. The van der Waals surface area contributed by atoms with E-state index < -0.39 is 5.91 Å². The van der Waals surface area contributed by atoms with Gasteiger partial charge in [-0.05, 0) is 36.4 Å². The van der Waals surface area contributed by atoms with E-state index in [0.717, 1.165) is 0 Å². The Bertz CT molecular complexity index is 794. The number of primary amides is 1. The van der Waals surface area contributed by atoms with E-state index in [0.29, 0.717) is 30.9 Å². The molecule has 8 nitrogen and oxygen atoms in total. The quantitative estimate of drug-likeness (QED) is 0.724. The molecule has 2 amide bonds. The summed E-state index contributed by atoms with van der Waals surface area (Å²) in [4.78, 5) is 27.5. The second kappa shape index (κ2) is 7.83. The highest BCUT2D eigenvalue weighted by Crippen LogP contribution is 2.19. The van der Waals surface area contributed by atoms with Gasteiger partial charge in [-0.3, -0.25) is 9.59 Å². The lowest BCUT2D eigenvalue weighted by Crippen LogP contribution is -2.52. The Kier molecular flexibility index (Phi) is 5.33. The van der Waals surface area contributed by atoms with Crippen molar-refractivity contribution in [2.75, 3.05) is 18.9 Å². The molecule has 136 valence electrons. The van der Waals surface area contributed by atoms with Gasteiger partial charge in [0.05, 0.1) is 19.3 Å². The van der Waals surface area contributed by atoms with Crippen LogP contribution in [0.4, 0.5) is 5.82 Å². The van der Waals surface area contributed by atoms with Crippen LogP contribution in [-0.4, -0.2) is 42.2 Å². The molecule has 1 saturated heterocycles. The Hall–Kier alpha value is -3.13. The first kappa shape index (κ1) is 17.7. The van der Waals surface area contributed by atoms with Crippen LogP contribution in [0.15, 0.2) is 42.5 Å². The van der Waals surface area contributed by atoms with Crippen LogP contribution < -0.4 is 21.5 Å². The fourth-order valence-corrected chi connectivity index (χ4v) is 2.69. The minimum Gasteiger partial charge on any atom is -0.488 e. The third kappa shape index (κ3) is 4.28. The molecule has 1 aromatic carbocycles. The molecule has 5 N–H and O–H groups in total. The van der Waals surface area contributed by atoms with E-state index in [9.17, 15) is 9.59 Å². The van der Waals surface area contributed by atoms with Crippen LogP contribution in [0.1, 0.15) is 27.3 Å². The summed E-state index contributed by atoms with van der Waals surface area (Å²) in [6.07, 6.45) is 0.348. The highest BCUT2D eigenvalue weighted by atomic mass is 16.5. The van der Waals surface area contributed by atoms with Crippen LogP contribution in [0.2, 0.25) is 0 Å². The van der Waals surface area contributed by atoms with Gasteiger partial charge >= 0.3 is 0 Å². The molecule has 26 heavy (non-hydrogen) atoms. The maximum atomic E-state index is 12.4. The van der Waals surface area contributed by atoms with Crippen LogP contribution in [0.5, 0.6) is 5.75 Å². The molecule has 8 heteroatoms. The fraction of sp³-hybridized carbons (Fsp3) is 0.278. The zero-order valence-corrected chi connectivity index (χ0v) is 14.1. The first-order valence-corrected chi connectivity index (χ1v) is 8.20. The van der Waals surface area contributed by atoms with Crippen LogP contribution in [0, 0.1) is 0 Å². The highest BCUT2D eigenvalue weighted by Gasteiger charge is 2.29. The zero-order valence-electron chi connectivity index (χ0n) is 14.1. The van der Waals surface area contributed by atoms with Gasteiger partial charge in [0.1, 0.15) is 23.4 Å². The lowest BCUT2D eigenvalue weighted by Gasteiger charge is -2.32. The molecule has 0 aliphatic carbocycles. The number of anilines is 1. The zero-order chi connectivity index (χ0) is 18.5. The van der Waals surface area contributed by atoms with Crippen molar-refractivity contribution in [1.29, 1.82) is 0 Å². The molecule has 2 atom stereocenters. The Balaban J connectivity index is 1.67. The summed E-state index contributed by atoms with van der Waals surface area (Å²) < 4.78 is 11.4. The Morgan fingerprint density at radius 3 is 2.65 bits per heavy atom. The van der Waals surface area contributed by atoms with Crippen LogP contribution in [0.3, 0.4) is 0 Å². The van der Waals surface area contributed by atoms with Crippen molar-refractivity contribution in [2.24, 2.45) is 5.73 Å². The normalized spacial score (nSPS) is 19.5. The third-order valence-electron chi connectivity index (χ3n) is 4.04. The van der Waals surface area contributed by atoms with Gasteiger partial charge in [0.25, 0.3) is 5.91 Å². The van der Waals surface area contributed by atoms with Gasteiger partial charge in [-0.15, -0.1) is 0 Å². The smallest absolute Gasteiger partial charge is 0.270 e. The maximum Gasteiger partial charge on any atom is 0.270 e. The highest BCUT2D eigenvalue weighted by molar-refractivity contribution is 5.93. The second-order valence-corrected chi connectivity index (χ2v) is 5.94. The van der Waals surface area contributed by atoms with E-state index in [-0.39, 0.29) is 29.6 Å². The number of carbonyl (C=O) groups excluding carboxylic acids is 2. The number of pyridine rings is 1. The molecule has 2 heterocycles. The van der Waals surface area contributed by atoms with Gasteiger partial charge in [0, 0.05) is 12.0 Å². The van der Waals surface area contributed by atoms with Crippen molar-refractivity contribution in [3.05, 3.63) is 53.7 Å². The van der Waals surface area contributed by atoms with Crippen molar-refractivity contribution < 1.29 is 19.1 Å². The molecule has 2 aromatic rings. The minimum absolute atomic E-state index is 0.236. The number of aromatic nitrogens is 1. The summed E-state index contributed by atoms with van der Waals surface area (Å²) in [6.45, 7) is 0.866. The molecule has 1 fully saturated rings. The van der Waals surface area contributed by atoms with Gasteiger partial charge in [0.2, 0.25) is 5.91 Å². The van der Waals surface area contributed by atoms with E-state index in [1.54, 1.807) is 42.5 Å². The summed E-state index contributed by atoms with van der Waals surface area (Å²) in [6, 6.07) is 11.1. The van der Waals surface area contributed by atoms with Gasteiger partial charge in [-0.2, -0.15) is 0 Å². The van der Waals surface area contributed by atoms with Gasteiger partial charge in [0.15, 0.2) is 0 Å². The van der Waals surface area contributed by atoms with Crippen molar-refractivity contribution in [3.8, 4) is 5.75 Å². The predicted octanol–water partition coefficient (Wildman–Crippen LogP) is 0.729. The molecule has 1 aliphatic rings. The SMILES string of the molecule is NC(=O)c1ccc(O[C@@H]2CCOC[C@H]2NC(=O)c2cccc(N)n2)cc1. The maximum absolute atomic E-state index is 12.4. The molecule has 0 unspecified atom stereocenters. The molecular formula is C18H20N4O4. The van der Waals surface area contributed by atoms with E-state index in [1.165, 1.54) is 0 Å². The number of amides is 2. The van der Waals surface area contributed by atoms with Gasteiger partial charge in [-0.1, -0.05) is 6.07 Å².